The summed E-state index contributed by atoms with van der Waals surface area (Å²) in [5.74, 6) is 0.647. The number of anilines is 1. The number of ether oxygens (including phenoxy) is 1. The van der Waals surface area contributed by atoms with Crippen LogP contribution < -0.4 is 10.5 Å². The normalized spacial score (nSPS) is 21.9. The highest BCUT2D eigenvalue weighted by atomic mass is 16.5. The number of carbonyl (C=O) groups is 1. The Bertz CT molecular complexity index is 578. The third-order valence-electron chi connectivity index (χ3n) is 4.82. The number of carboxylic acid groups (broad SMARTS) is 1. The molecule has 0 saturated heterocycles. The van der Waals surface area contributed by atoms with E-state index in [2.05, 4.69) is 20.8 Å². The predicted octanol–water partition coefficient (Wildman–Crippen LogP) is 3.07. The van der Waals surface area contributed by atoms with Crippen molar-refractivity contribution in [1.29, 1.82) is 0 Å². The molecule has 1 aliphatic rings. The molecule has 21 heavy (non-hydrogen) atoms. The molecule has 5 nitrogen and oxygen atoms in total. The third-order valence-corrected chi connectivity index (χ3v) is 4.82. The van der Waals surface area contributed by atoms with Crippen LogP contribution in [-0.2, 0) is 12.0 Å². The Morgan fingerprint density at radius 3 is 2.52 bits per heavy atom. The Morgan fingerprint density at radius 2 is 2.05 bits per heavy atom. The standard InChI is InChI=1S/C16H24N2O3/c1-15(2,3)16(4)11-9-12(17)13(21-5)8-10(11)6-7-18(16)14(19)20/h8-9H,6-7,17H2,1-5H3,(H,19,20). The fourth-order valence-corrected chi connectivity index (χ4v) is 3.17. The highest BCUT2D eigenvalue weighted by molar-refractivity contribution is 5.69. The van der Waals surface area contributed by atoms with E-state index in [0.29, 0.717) is 24.4 Å². The molecular formula is C16H24N2O3. The average Bonchev–Trinajstić information content (AvgIpc) is 2.37. The lowest BCUT2D eigenvalue weighted by atomic mass is 9.66. The van der Waals surface area contributed by atoms with E-state index in [0.717, 1.165) is 11.1 Å². The molecule has 1 aliphatic heterocycles. The first-order chi connectivity index (χ1) is 9.62. The Morgan fingerprint density at radius 1 is 1.43 bits per heavy atom. The van der Waals surface area contributed by atoms with Crippen LogP contribution >= 0.6 is 0 Å². The summed E-state index contributed by atoms with van der Waals surface area (Å²) in [4.78, 5) is 13.2. The summed E-state index contributed by atoms with van der Waals surface area (Å²) in [7, 11) is 1.59. The van der Waals surface area contributed by atoms with Gasteiger partial charge in [0.15, 0.2) is 0 Å². The molecule has 1 unspecified atom stereocenters. The minimum Gasteiger partial charge on any atom is -0.495 e. The molecule has 1 atom stereocenters. The van der Waals surface area contributed by atoms with E-state index in [1.807, 2.05) is 19.1 Å². The maximum Gasteiger partial charge on any atom is 0.408 e. The lowest BCUT2D eigenvalue weighted by Gasteiger charge is -2.52. The molecule has 116 valence electrons. The van der Waals surface area contributed by atoms with Crippen LogP contribution in [0.25, 0.3) is 0 Å². The summed E-state index contributed by atoms with van der Waals surface area (Å²) < 4.78 is 5.28. The fraction of sp³-hybridized carbons (Fsp3) is 0.562. The van der Waals surface area contributed by atoms with E-state index >= 15 is 0 Å². The van der Waals surface area contributed by atoms with Crippen molar-refractivity contribution in [2.24, 2.45) is 5.41 Å². The second kappa shape index (κ2) is 4.83. The zero-order valence-corrected chi connectivity index (χ0v) is 13.4. The van der Waals surface area contributed by atoms with E-state index in [-0.39, 0.29) is 5.41 Å². The van der Waals surface area contributed by atoms with Gasteiger partial charge in [-0.25, -0.2) is 4.79 Å². The first-order valence-corrected chi connectivity index (χ1v) is 7.10. The number of nitrogens with zero attached hydrogens (tertiary/aromatic N) is 1. The van der Waals surface area contributed by atoms with Crippen molar-refractivity contribution in [2.45, 2.75) is 39.7 Å². The lowest BCUT2D eigenvalue weighted by molar-refractivity contribution is 0.00375. The zero-order valence-electron chi connectivity index (χ0n) is 13.4. The summed E-state index contributed by atoms with van der Waals surface area (Å²) in [5.41, 5.74) is 7.78. The summed E-state index contributed by atoms with van der Waals surface area (Å²) >= 11 is 0. The zero-order chi connectivity index (χ0) is 16.0. The molecule has 1 aromatic carbocycles. The van der Waals surface area contributed by atoms with Gasteiger partial charge in [-0.3, -0.25) is 4.90 Å². The molecule has 0 bridgehead atoms. The lowest BCUT2D eigenvalue weighted by Crippen LogP contribution is -2.57. The van der Waals surface area contributed by atoms with Crippen LogP contribution in [-0.4, -0.2) is 29.8 Å². The van der Waals surface area contributed by atoms with E-state index in [1.165, 1.54) is 4.90 Å². The molecule has 0 spiro atoms. The topological polar surface area (TPSA) is 75.8 Å². The van der Waals surface area contributed by atoms with Gasteiger partial charge >= 0.3 is 6.09 Å². The second-order valence-electron chi connectivity index (χ2n) is 6.76. The van der Waals surface area contributed by atoms with Crippen LogP contribution in [0.1, 0.15) is 38.8 Å². The number of hydrogen-bond donors (Lipinski definition) is 2. The minimum absolute atomic E-state index is 0.262. The number of methoxy groups -OCH3 is 1. The van der Waals surface area contributed by atoms with Crippen LogP contribution in [0.15, 0.2) is 12.1 Å². The Kier molecular flexibility index (Phi) is 3.56. The molecular weight excluding hydrogens is 268 g/mol. The Labute approximate surface area is 125 Å². The van der Waals surface area contributed by atoms with Crippen molar-refractivity contribution < 1.29 is 14.6 Å². The second-order valence-corrected chi connectivity index (χ2v) is 6.76. The van der Waals surface area contributed by atoms with Gasteiger partial charge in [0.25, 0.3) is 0 Å². The third kappa shape index (κ3) is 2.20. The number of hydrogen-bond acceptors (Lipinski definition) is 3. The number of rotatable bonds is 1. The van der Waals surface area contributed by atoms with Crippen LogP contribution in [0.3, 0.4) is 0 Å². The van der Waals surface area contributed by atoms with Crippen molar-refractivity contribution in [3.8, 4) is 5.75 Å². The maximum atomic E-state index is 11.7. The summed E-state index contributed by atoms with van der Waals surface area (Å²) in [6, 6.07) is 3.81. The Hall–Kier alpha value is -1.91. The van der Waals surface area contributed by atoms with Gasteiger partial charge in [-0.05, 0) is 42.0 Å². The fourth-order valence-electron chi connectivity index (χ4n) is 3.17. The molecule has 0 saturated carbocycles. The van der Waals surface area contributed by atoms with Crippen LogP contribution in [0, 0.1) is 5.41 Å². The highest BCUT2D eigenvalue weighted by Gasteiger charge is 2.49. The molecule has 1 heterocycles. The first-order valence-electron chi connectivity index (χ1n) is 7.10. The molecule has 0 fully saturated rings. The minimum atomic E-state index is -0.896. The number of nitrogens with two attached hydrogens (primary N) is 1. The largest absolute Gasteiger partial charge is 0.495 e. The summed E-state index contributed by atoms with van der Waals surface area (Å²) in [5, 5.41) is 9.60. The van der Waals surface area contributed by atoms with Gasteiger partial charge in [0.2, 0.25) is 0 Å². The number of benzene rings is 1. The van der Waals surface area contributed by atoms with Gasteiger partial charge in [0.05, 0.1) is 18.3 Å². The smallest absolute Gasteiger partial charge is 0.408 e. The van der Waals surface area contributed by atoms with Gasteiger partial charge in [0.1, 0.15) is 5.75 Å². The quantitative estimate of drug-likeness (QED) is 0.780. The molecule has 1 amide bonds. The van der Waals surface area contributed by atoms with Crippen molar-refractivity contribution >= 4 is 11.8 Å². The van der Waals surface area contributed by atoms with Crippen molar-refractivity contribution in [1.82, 2.24) is 4.90 Å². The van der Waals surface area contributed by atoms with E-state index in [4.69, 9.17) is 10.5 Å². The predicted molar refractivity (Wildman–Crippen MR) is 82.6 cm³/mol. The molecule has 0 aliphatic carbocycles. The van der Waals surface area contributed by atoms with Crippen LogP contribution in [0.4, 0.5) is 10.5 Å². The monoisotopic (exact) mass is 292 g/mol. The van der Waals surface area contributed by atoms with Crippen molar-refractivity contribution in [3.63, 3.8) is 0 Å². The average molecular weight is 292 g/mol. The SMILES string of the molecule is COc1cc2c(cc1N)C(C)(C(C)(C)C)N(C(=O)O)CC2. The van der Waals surface area contributed by atoms with Gasteiger partial charge in [-0.15, -0.1) is 0 Å². The molecule has 2 rings (SSSR count). The molecule has 3 N–H and O–H groups in total. The van der Waals surface area contributed by atoms with Crippen LogP contribution in [0.2, 0.25) is 0 Å². The van der Waals surface area contributed by atoms with E-state index in [9.17, 15) is 9.90 Å². The summed E-state index contributed by atoms with van der Waals surface area (Å²) in [6.45, 7) is 8.61. The van der Waals surface area contributed by atoms with Gasteiger partial charge < -0.3 is 15.6 Å². The van der Waals surface area contributed by atoms with Crippen molar-refractivity contribution in [3.05, 3.63) is 23.3 Å². The molecule has 1 aromatic rings. The molecule has 0 aromatic heterocycles. The number of nitrogen functional groups attached to an aromatic ring is 1. The molecule has 0 radical (unpaired) electrons. The number of amides is 1. The highest BCUT2D eigenvalue weighted by Crippen LogP contribution is 2.49. The van der Waals surface area contributed by atoms with E-state index < -0.39 is 11.6 Å². The van der Waals surface area contributed by atoms with E-state index in [1.54, 1.807) is 7.11 Å². The van der Waals surface area contributed by atoms with Crippen LogP contribution in [0.5, 0.6) is 5.75 Å². The Balaban J connectivity index is 2.71. The summed E-state index contributed by atoms with van der Waals surface area (Å²) in [6.07, 6.45) is -0.225. The maximum absolute atomic E-state index is 11.7. The van der Waals surface area contributed by atoms with Gasteiger partial charge in [0, 0.05) is 6.54 Å². The van der Waals surface area contributed by atoms with Gasteiger partial charge in [-0.2, -0.15) is 0 Å². The first kappa shape index (κ1) is 15.5. The number of fused-ring (bicyclic) bond motifs is 1. The van der Waals surface area contributed by atoms with Gasteiger partial charge in [-0.1, -0.05) is 20.8 Å². The molecule has 5 heteroatoms. The van der Waals surface area contributed by atoms with Crippen molar-refractivity contribution in [2.75, 3.05) is 19.4 Å².